The van der Waals surface area contributed by atoms with E-state index in [9.17, 15) is 5.11 Å². The van der Waals surface area contributed by atoms with Crippen molar-refractivity contribution in [1.82, 2.24) is 0 Å². The molecule has 0 rings (SSSR count). The Hall–Kier alpha value is -0.240. The molecule has 0 aromatic carbocycles. The molecule has 0 saturated carbocycles. The minimum Gasteiger partial charge on any atom is -0.396 e. The summed E-state index contributed by atoms with van der Waals surface area (Å²) >= 11 is 0. The molecular weight excluding hydrogens is 248 g/mol. The van der Waals surface area contributed by atoms with E-state index in [1.165, 1.54) is 0 Å². The topological polar surface area (TPSA) is 133 Å². The maximum Gasteiger partial charge on any atom is 0.0449 e. The second kappa shape index (κ2) is 9.63. The second-order valence-electron chi connectivity index (χ2n) is 5.27. The summed E-state index contributed by atoms with van der Waals surface area (Å²) in [4.78, 5) is 0. The standard InChI is InChI=1S/C13H30N2O4/c14-12(4-1-8-16,5-2-9-17)13(15,7-11-19)6-3-10-18/h16-19H,1-11,14-15H2. The fourth-order valence-corrected chi connectivity index (χ4v) is 2.63. The zero-order valence-electron chi connectivity index (χ0n) is 11.7. The molecule has 116 valence electrons. The molecule has 0 amide bonds. The third-order valence-corrected chi connectivity index (χ3v) is 3.89. The van der Waals surface area contributed by atoms with Gasteiger partial charge in [0.25, 0.3) is 0 Å². The van der Waals surface area contributed by atoms with E-state index in [2.05, 4.69) is 0 Å². The molecule has 19 heavy (non-hydrogen) atoms. The van der Waals surface area contributed by atoms with Gasteiger partial charge in [-0.15, -0.1) is 0 Å². The first kappa shape index (κ1) is 18.8. The number of nitrogens with two attached hydrogens (primary N) is 2. The lowest BCUT2D eigenvalue weighted by Crippen LogP contribution is -2.66. The number of rotatable bonds is 12. The summed E-state index contributed by atoms with van der Waals surface area (Å²) < 4.78 is 0. The lowest BCUT2D eigenvalue weighted by Gasteiger charge is -2.47. The third kappa shape index (κ3) is 5.72. The lowest BCUT2D eigenvalue weighted by molar-refractivity contribution is 0.108. The van der Waals surface area contributed by atoms with Gasteiger partial charge in [0.05, 0.1) is 0 Å². The molecule has 0 bridgehead atoms. The van der Waals surface area contributed by atoms with Crippen molar-refractivity contribution in [3.05, 3.63) is 0 Å². The van der Waals surface area contributed by atoms with E-state index in [1.54, 1.807) is 0 Å². The Kier molecular flexibility index (Phi) is 9.51. The highest BCUT2D eigenvalue weighted by atomic mass is 16.3. The molecule has 0 heterocycles. The highest BCUT2D eigenvalue weighted by Crippen LogP contribution is 2.33. The van der Waals surface area contributed by atoms with Gasteiger partial charge in [0.15, 0.2) is 0 Å². The van der Waals surface area contributed by atoms with E-state index in [0.717, 1.165) is 0 Å². The SMILES string of the molecule is NC(CCO)(CCCO)C(N)(CCCO)CCCO. The summed E-state index contributed by atoms with van der Waals surface area (Å²) in [5, 5.41) is 36.2. The molecule has 0 aliphatic carbocycles. The van der Waals surface area contributed by atoms with Crippen LogP contribution in [0.2, 0.25) is 0 Å². The van der Waals surface area contributed by atoms with Gasteiger partial charge in [-0.25, -0.2) is 0 Å². The van der Waals surface area contributed by atoms with Crippen molar-refractivity contribution in [2.75, 3.05) is 26.4 Å². The van der Waals surface area contributed by atoms with E-state index < -0.39 is 11.1 Å². The summed E-state index contributed by atoms with van der Waals surface area (Å²) in [5.41, 5.74) is 11.3. The molecule has 0 radical (unpaired) electrons. The van der Waals surface area contributed by atoms with Crippen molar-refractivity contribution in [3.8, 4) is 0 Å². The Morgan fingerprint density at radius 2 is 0.842 bits per heavy atom. The minimum atomic E-state index is -0.797. The van der Waals surface area contributed by atoms with E-state index in [4.69, 9.17) is 26.8 Å². The third-order valence-electron chi connectivity index (χ3n) is 3.89. The molecule has 0 aromatic rings. The Bertz CT molecular complexity index is 221. The van der Waals surface area contributed by atoms with Crippen LogP contribution in [-0.4, -0.2) is 57.9 Å². The maximum atomic E-state index is 9.22. The van der Waals surface area contributed by atoms with Crippen molar-refractivity contribution in [3.63, 3.8) is 0 Å². The molecule has 8 N–H and O–H groups in total. The number of hydrogen-bond donors (Lipinski definition) is 6. The maximum absolute atomic E-state index is 9.22. The molecular formula is C13H30N2O4. The predicted molar refractivity (Wildman–Crippen MR) is 74.5 cm³/mol. The quantitative estimate of drug-likeness (QED) is 0.273. The van der Waals surface area contributed by atoms with Crippen molar-refractivity contribution < 1.29 is 20.4 Å². The molecule has 6 heteroatoms. The highest BCUT2D eigenvalue weighted by molar-refractivity contribution is 5.06. The molecule has 6 nitrogen and oxygen atoms in total. The van der Waals surface area contributed by atoms with Gasteiger partial charge in [-0.2, -0.15) is 0 Å². The minimum absolute atomic E-state index is 0.0282. The number of aliphatic hydroxyl groups is 4. The second-order valence-corrected chi connectivity index (χ2v) is 5.27. The molecule has 1 unspecified atom stereocenters. The van der Waals surface area contributed by atoms with Crippen LogP contribution < -0.4 is 11.5 Å². The van der Waals surface area contributed by atoms with Crippen molar-refractivity contribution in [2.24, 2.45) is 11.5 Å². The largest absolute Gasteiger partial charge is 0.396 e. The predicted octanol–water partition coefficient (Wildman–Crippen LogP) is -0.919. The Balaban J connectivity index is 4.97. The summed E-state index contributed by atoms with van der Waals surface area (Å²) in [6.07, 6.45) is 3.51. The smallest absolute Gasteiger partial charge is 0.0449 e. The van der Waals surface area contributed by atoms with Gasteiger partial charge in [0, 0.05) is 37.5 Å². The van der Waals surface area contributed by atoms with E-state index in [-0.39, 0.29) is 26.4 Å². The van der Waals surface area contributed by atoms with Crippen molar-refractivity contribution in [1.29, 1.82) is 0 Å². The van der Waals surface area contributed by atoms with Gasteiger partial charge < -0.3 is 31.9 Å². The molecule has 0 aliphatic rings. The van der Waals surface area contributed by atoms with Crippen LogP contribution >= 0.6 is 0 Å². The lowest BCUT2D eigenvalue weighted by atomic mass is 9.68. The van der Waals surface area contributed by atoms with E-state index >= 15 is 0 Å². The number of aliphatic hydroxyl groups excluding tert-OH is 4. The van der Waals surface area contributed by atoms with Crippen molar-refractivity contribution >= 4 is 0 Å². The van der Waals surface area contributed by atoms with E-state index in [1.807, 2.05) is 0 Å². The van der Waals surface area contributed by atoms with Crippen molar-refractivity contribution in [2.45, 2.75) is 56.0 Å². The molecule has 0 aromatic heterocycles. The Morgan fingerprint density at radius 1 is 0.526 bits per heavy atom. The van der Waals surface area contributed by atoms with Gasteiger partial charge in [0.2, 0.25) is 0 Å². The fraction of sp³-hybridized carbons (Fsp3) is 1.00. The highest BCUT2D eigenvalue weighted by Gasteiger charge is 2.43. The Labute approximate surface area is 115 Å². The molecule has 0 fully saturated rings. The van der Waals surface area contributed by atoms with E-state index in [0.29, 0.717) is 44.9 Å². The average molecular weight is 278 g/mol. The zero-order valence-corrected chi connectivity index (χ0v) is 11.7. The van der Waals surface area contributed by atoms with Crippen LogP contribution in [0.5, 0.6) is 0 Å². The average Bonchev–Trinajstić information content (AvgIpc) is 2.40. The first-order chi connectivity index (χ1) is 8.99. The van der Waals surface area contributed by atoms with Crippen LogP contribution in [0.15, 0.2) is 0 Å². The summed E-state index contributed by atoms with van der Waals surface area (Å²) in [6, 6.07) is 0. The zero-order chi connectivity index (χ0) is 14.8. The van der Waals surface area contributed by atoms with Crippen LogP contribution in [0.25, 0.3) is 0 Å². The molecule has 0 saturated heterocycles. The van der Waals surface area contributed by atoms with Gasteiger partial charge in [-0.1, -0.05) is 0 Å². The van der Waals surface area contributed by atoms with Crippen LogP contribution in [-0.2, 0) is 0 Å². The van der Waals surface area contributed by atoms with Crippen LogP contribution in [0.3, 0.4) is 0 Å². The monoisotopic (exact) mass is 278 g/mol. The summed E-state index contributed by atoms with van der Waals surface area (Å²) in [7, 11) is 0. The fourth-order valence-electron chi connectivity index (χ4n) is 2.63. The van der Waals surface area contributed by atoms with Crippen LogP contribution in [0.1, 0.15) is 44.9 Å². The first-order valence-corrected chi connectivity index (χ1v) is 7.01. The molecule has 0 aliphatic heterocycles. The van der Waals surface area contributed by atoms with Gasteiger partial charge in [-0.05, 0) is 44.9 Å². The first-order valence-electron chi connectivity index (χ1n) is 7.01. The summed E-state index contributed by atoms with van der Waals surface area (Å²) in [6.45, 7) is 0.0279. The van der Waals surface area contributed by atoms with Gasteiger partial charge >= 0.3 is 0 Å². The van der Waals surface area contributed by atoms with Crippen LogP contribution in [0, 0.1) is 0 Å². The van der Waals surface area contributed by atoms with Gasteiger partial charge in [0.1, 0.15) is 0 Å². The molecule has 1 atom stereocenters. The van der Waals surface area contributed by atoms with Crippen LogP contribution in [0.4, 0.5) is 0 Å². The normalized spacial score (nSPS) is 15.5. The molecule has 0 spiro atoms. The Morgan fingerprint density at radius 3 is 1.11 bits per heavy atom. The van der Waals surface area contributed by atoms with Gasteiger partial charge in [-0.3, -0.25) is 0 Å². The summed E-state index contributed by atoms with van der Waals surface area (Å²) in [5.74, 6) is 0. The number of hydrogen-bond acceptors (Lipinski definition) is 6.